The van der Waals surface area contributed by atoms with Crippen LogP contribution in [0.5, 0.6) is 0 Å². The van der Waals surface area contributed by atoms with Crippen molar-refractivity contribution in [1.82, 2.24) is 4.98 Å². The minimum Gasteiger partial charge on any atom is -0.355 e. The summed E-state index contributed by atoms with van der Waals surface area (Å²) in [6.07, 6.45) is 1.06. The van der Waals surface area contributed by atoms with Crippen LogP contribution < -0.4 is 11.1 Å². The van der Waals surface area contributed by atoms with Crippen LogP contribution in [0, 0.1) is 19.8 Å². The minimum atomic E-state index is -0.0507. The van der Waals surface area contributed by atoms with Gasteiger partial charge in [0.1, 0.15) is 0 Å². The van der Waals surface area contributed by atoms with Crippen LogP contribution in [0.3, 0.4) is 0 Å². The number of rotatable bonds is 5. The zero-order chi connectivity index (χ0) is 12.3. The van der Waals surface area contributed by atoms with E-state index >= 15 is 0 Å². The molecule has 1 heterocycles. The van der Waals surface area contributed by atoms with E-state index in [0.717, 1.165) is 17.2 Å². The fourth-order valence-corrected chi connectivity index (χ4v) is 2.83. The highest BCUT2D eigenvalue weighted by Crippen LogP contribution is 2.26. The number of nitrogens with one attached hydrogen (secondary N) is 1. The van der Waals surface area contributed by atoms with Crippen molar-refractivity contribution in [2.45, 2.75) is 46.6 Å². The van der Waals surface area contributed by atoms with Gasteiger partial charge in [-0.1, -0.05) is 13.8 Å². The molecule has 0 aromatic carbocycles. The number of nitrogens with two attached hydrogens (primary N) is 1. The molecule has 1 rings (SSSR count). The number of thiazole rings is 1. The normalized spacial score (nSPS) is 15.2. The van der Waals surface area contributed by atoms with Crippen LogP contribution in [0.25, 0.3) is 0 Å². The smallest absolute Gasteiger partial charge is 0.183 e. The van der Waals surface area contributed by atoms with Gasteiger partial charge in [0.25, 0.3) is 0 Å². The fourth-order valence-electron chi connectivity index (χ4n) is 1.87. The Morgan fingerprint density at radius 1 is 1.44 bits per heavy atom. The summed E-state index contributed by atoms with van der Waals surface area (Å²) in [6.45, 7) is 11.4. The van der Waals surface area contributed by atoms with Crippen molar-refractivity contribution in [3.63, 3.8) is 0 Å². The molecule has 0 saturated carbocycles. The summed E-state index contributed by atoms with van der Waals surface area (Å²) in [7, 11) is 0. The van der Waals surface area contributed by atoms with Crippen molar-refractivity contribution in [3.05, 3.63) is 10.6 Å². The average molecular weight is 241 g/mol. The second kappa shape index (κ2) is 5.15. The average Bonchev–Trinajstić information content (AvgIpc) is 2.44. The van der Waals surface area contributed by atoms with Gasteiger partial charge in [0.2, 0.25) is 0 Å². The summed E-state index contributed by atoms with van der Waals surface area (Å²) in [6, 6.07) is 0. The van der Waals surface area contributed by atoms with Crippen LogP contribution >= 0.6 is 11.3 Å². The molecule has 0 fully saturated rings. The maximum absolute atomic E-state index is 5.86. The predicted octanol–water partition coefficient (Wildman–Crippen LogP) is 2.94. The second-order valence-corrected chi connectivity index (χ2v) is 6.35. The lowest BCUT2D eigenvalue weighted by Gasteiger charge is -2.30. The lowest BCUT2D eigenvalue weighted by atomic mass is 9.91. The summed E-state index contributed by atoms with van der Waals surface area (Å²) in [5, 5.41) is 4.47. The predicted molar refractivity (Wildman–Crippen MR) is 72.1 cm³/mol. The molecule has 1 atom stereocenters. The molecule has 0 amide bonds. The molecule has 0 saturated heterocycles. The van der Waals surface area contributed by atoms with E-state index in [1.807, 2.05) is 6.92 Å². The van der Waals surface area contributed by atoms with Crippen LogP contribution in [-0.2, 0) is 0 Å². The van der Waals surface area contributed by atoms with Gasteiger partial charge in [-0.05, 0) is 33.1 Å². The van der Waals surface area contributed by atoms with E-state index in [2.05, 4.69) is 38.0 Å². The Bertz CT molecular complexity index is 327. The molecule has 0 aliphatic carbocycles. The van der Waals surface area contributed by atoms with Gasteiger partial charge in [0.15, 0.2) is 5.13 Å². The van der Waals surface area contributed by atoms with Gasteiger partial charge in [-0.2, -0.15) is 0 Å². The number of hydrogen-bond donors (Lipinski definition) is 2. The van der Waals surface area contributed by atoms with Crippen molar-refractivity contribution < 1.29 is 0 Å². The van der Waals surface area contributed by atoms with Crippen LogP contribution in [-0.4, -0.2) is 17.1 Å². The van der Waals surface area contributed by atoms with Gasteiger partial charge in [-0.3, -0.25) is 0 Å². The summed E-state index contributed by atoms with van der Waals surface area (Å²) in [5.74, 6) is 0.628. The molecule has 3 nitrogen and oxygen atoms in total. The van der Waals surface area contributed by atoms with Crippen molar-refractivity contribution in [3.8, 4) is 0 Å². The summed E-state index contributed by atoms with van der Waals surface area (Å²) in [5.41, 5.74) is 6.92. The molecule has 0 radical (unpaired) electrons. The molecule has 16 heavy (non-hydrogen) atoms. The van der Waals surface area contributed by atoms with E-state index in [1.54, 1.807) is 11.3 Å². The molecular weight excluding hydrogens is 218 g/mol. The SMILES string of the molecule is Cc1nc(NC(C)(CN)CC(C)C)sc1C. The Hall–Kier alpha value is -0.610. The van der Waals surface area contributed by atoms with E-state index in [4.69, 9.17) is 5.73 Å². The fraction of sp³-hybridized carbons (Fsp3) is 0.750. The minimum absolute atomic E-state index is 0.0507. The zero-order valence-corrected chi connectivity index (χ0v) is 11.7. The lowest BCUT2D eigenvalue weighted by molar-refractivity contribution is 0.407. The molecule has 4 heteroatoms. The van der Waals surface area contributed by atoms with Gasteiger partial charge in [0.05, 0.1) is 5.69 Å². The van der Waals surface area contributed by atoms with Gasteiger partial charge < -0.3 is 11.1 Å². The highest BCUT2D eigenvalue weighted by molar-refractivity contribution is 7.15. The van der Waals surface area contributed by atoms with E-state index < -0.39 is 0 Å². The third-order valence-electron chi connectivity index (χ3n) is 2.75. The highest BCUT2D eigenvalue weighted by atomic mass is 32.1. The second-order valence-electron chi connectivity index (χ2n) is 5.15. The van der Waals surface area contributed by atoms with Crippen LogP contribution in [0.4, 0.5) is 5.13 Å². The van der Waals surface area contributed by atoms with Crippen molar-refractivity contribution in [1.29, 1.82) is 0 Å². The molecule has 0 spiro atoms. The quantitative estimate of drug-likeness (QED) is 0.833. The Labute approximate surface area is 102 Å². The van der Waals surface area contributed by atoms with Crippen molar-refractivity contribution in [2.24, 2.45) is 11.7 Å². The van der Waals surface area contributed by atoms with Crippen LogP contribution in [0.1, 0.15) is 37.8 Å². The first-order chi connectivity index (χ1) is 7.36. The Morgan fingerprint density at radius 3 is 2.44 bits per heavy atom. The number of anilines is 1. The van der Waals surface area contributed by atoms with E-state index in [9.17, 15) is 0 Å². The zero-order valence-electron chi connectivity index (χ0n) is 10.9. The molecule has 3 N–H and O–H groups in total. The number of aryl methyl sites for hydroxylation is 2. The molecule has 92 valence electrons. The van der Waals surface area contributed by atoms with Gasteiger partial charge in [-0.25, -0.2) is 4.98 Å². The van der Waals surface area contributed by atoms with E-state index in [-0.39, 0.29) is 5.54 Å². The first-order valence-electron chi connectivity index (χ1n) is 5.78. The van der Waals surface area contributed by atoms with Gasteiger partial charge >= 0.3 is 0 Å². The van der Waals surface area contributed by atoms with Crippen LogP contribution in [0.2, 0.25) is 0 Å². The first kappa shape index (κ1) is 13.5. The van der Waals surface area contributed by atoms with E-state index in [0.29, 0.717) is 12.5 Å². The molecule has 1 unspecified atom stereocenters. The maximum atomic E-state index is 5.86. The summed E-state index contributed by atoms with van der Waals surface area (Å²) < 4.78 is 0. The Morgan fingerprint density at radius 2 is 2.06 bits per heavy atom. The Kier molecular flexibility index (Phi) is 4.33. The summed E-state index contributed by atoms with van der Waals surface area (Å²) >= 11 is 1.71. The third kappa shape index (κ3) is 3.46. The highest BCUT2D eigenvalue weighted by Gasteiger charge is 2.24. The Balaban J connectivity index is 2.76. The lowest BCUT2D eigenvalue weighted by Crippen LogP contribution is -2.43. The molecule has 0 aliphatic heterocycles. The summed E-state index contributed by atoms with van der Waals surface area (Å²) in [4.78, 5) is 5.77. The number of aromatic nitrogens is 1. The van der Waals surface area contributed by atoms with Gasteiger partial charge in [-0.15, -0.1) is 11.3 Å². The monoisotopic (exact) mass is 241 g/mol. The topological polar surface area (TPSA) is 50.9 Å². The van der Waals surface area contributed by atoms with Crippen molar-refractivity contribution >= 4 is 16.5 Å². The standard InChI is InChI=1S/C12H23N3S/c1-8(2)6-12(5,7-13)15-11-14-9(3)10(4)16-11/h8H,6-7,13H2,1-5H3,(H,14,15). The first-order valence-corrected chi connectivity index (χ1v) is 6.60. The maximum Gasteiger partial charge on any atom is 0.183 e. The van der Waals surface area contributed by atoms with Crippen molar-refractivity contribution in [2.75, 3.05) is 11.9 Å². The van der Waals surface area contributed by atoms with E-state index in [1.165, 1.54) is 4.88 Å². The largest absolute Gasteiger partial charge is 0.355 e. The third-order valence-corrected chi connectivity index (χ3v) is 3.73. The molecule has 0 bridgehead atoms. The molecule has 0 aliphatic rings. The van der Waals surface area contributed by atoms with Gasteiger partial charge in [0, 0.05) is 17.0 Å². The number of nitrogens with zero attached hydrogens (tertiary/aromatic N) is 1. The number of hydrogen-bond acceptors (Lipinski definition) is 4. The molecule has 1 aromatic rings. The molecule has 1 aromatic heterocycles. The van der Waals surface area contributed by atoms with Crippen LogP contribution in [0.15, 0.2) is 0 Å². The molecular formula is C12H23N3S.